The van der Waals surface area contributed by atoms with Crippen molar-refractivity contribution in [3.8, 4) is 0 Å². The van der Waals surface area contributed by atoms with Crippen LogP contribution in [0.25, 0.3) is 0 Å². The summed E-state index contributed by atoms with van der Waals surface area (Å²) in [6.45, 7) is 0.726. The second-order valence-corrected chi connectivity index (χ2v) is 4.43. The van der Waals surface area contributed by atoms with Crippen molar-refractivity contribution in [3.63, 3.8) is 0 Å². The number of hydrogen-bond acceptors (Lipinski definition) is 5. The minimum absolute atomic E-state index is 0.0956. The van der Waals surface area contributed by atoms with Crippen molar-refractivity contribution in [1.29, 1.82) is 0 Å². The Balaban J connectivity index is 1.91. The van der Waals surface area contributed by atoms with Gasteiger partial charge in [0.25, 0.3) is 11.6 Å². The first-order valence-corrected chi connectivity index (χ1v) is 5.97. The molecule has 0 spiro atoms. The van der Waals surface area contributed by atoms with E-state index in [0.717, 1.165) is 11.3 Å². The van der Waals surface area contributed by atoms with Crippen LogP contribution in [0.3, 0.4) is 0 Å². The van der Waals surface area contributed by atoms with E-state index in [1.54, 1.807) is 18.3 Å². The fourth-order valence-electron chi connectivity index (χ4n) is 2.23. The number of para-hydroxylation sites is 1. The molecule has 0 N–H and O–H groups in total. The minimum Gasteiger partial charge on any atom is -0.328 e. The van der Waals surface area contributed by atoms with Gasteiger partial charge in [0, 0.05) is 24.4 Å². The maximum Gasteiger partial charge on any atom is 0.282 e. The van der Waals surface area contributed by atoms with Crippen LogP contribution in [0, 0.1) is 10.1 Å². The molecule has 1 amide bonds. The van der Waals surface area contributed by atoms with Crippen molar-refractivity contribution in [2.45, 2.75) is 13.1 Å². The summed E-state index contributed by atoms with van der Waals surface area (Å²) in [7, 11) is 0. The SMILES string of the molecule is O=C(c1ccccc1[N+](=O)[O-])N1Cc2cncnc2C1. The van der Waals surface area contributed by atoms with E-state index in [1.165, 1.54) is 23.4 Å². The molecule has 2 heterocycles. The summed E-state index contributed by atoms with van der Waals surface area (Å²) in [6, 6.07) is 5.95. The third-order valence-corrected chi connectivity index (χ3v) is 3.20. The number of aromatic nitrogens is 2. The van der Waals surface area contributed by atoms with E-state index < -0.39 is 4.92 Å². The number of nitro benzene ring substituents is 1. The van der Waals surface area contributed by atoms with Crippen molar-refractivity contribution in [3.05, 3.63) is 63.7 Å². The number of carbonyl (C=O) groups excluding carboxylic acids is 1. The molecule has 0 radical (unpaired) electrons. The van der Waals surface area contributed by atoms with Crippen molar-refractivity contribution < 1.29 is 9.72 Å². The van der Waals surface area contributed by atoms with Gasteiger partial charge in [0.15, 0.2) is 0 Å². The van der Waals surface area contributed by atoms with E-state index in [2.05, 4.69) is 9.97 Å². The molecule has 0 fully saturated rings. The van der Waals surface area contributed by atoms with Crippen LogP contribution in [-0.2, 0) is 13.1 Å². The second-order valence-electron chi connectivity index (χ2n) is 4.43. The molecule has 2 aromatic rings. The van der Waals surface area contributed by atoms with Gasteiger partial charge in [-0.2, -0.15) is 0 Å². The van der Waals surface area contributed by atoms with Crippen LogP contribution < -0.4 is 0 Å². The highest BCUT2D eigenvalue weighted by Crippen LogP contribution is 2.25. The maximum absolute atomic E-state index is 12.4. The Morgan fingerprint density at radius 1 is 1.30 bits per heavy atom. The lowest BCUT2D eigenvalue weighted by Gasteiger charge is -2.14. The number of amides is 1. The molecule has 1 aliphatic rings. The van der Waals surface area contributed by atoms with E-state index in [0.29, 0.717) is 13.1 Å². The Kier molecular flexibility index (Phi) is 2.86. The Labute approximate surface area is 114 Å². The maximum atomic E-state index is 12.4. The topological polar surface area (TPSA) is 89.2 Å². The number of carbonyl (C=O) groups is 1. The number of hydrogen-bond donors (Lipinski definition) is 0. The van der Waals surface area contributed by atoms with Gasteiger partial charge in [-0.3, -0.25) is 14.9 Å². The largest absolute Gasteiger partial charge is 0.328 e. The molecule has 0 atom stereocenters. The van der Waals surface area contributed by atoms with E-state index in [4.69, 9.17) is 0 Å². The molecule has 7 heteroatoms. The number of nitrogens with zero attached hydrogens (tertiary/aromatic N) is 4. The summed E-state index contributed by atoms with van der Waals surface area (Å²) in [4.78, 5) is 32.4. The van der Waals surface area contributed by atoms with Crippen LogP contribution >= 0.6 is 0 Å². The molecule has 0 saturated carbocycles. The van der Waals surface area contributed by atoms with Crippen molar-refractivity contribution in [2.24, 2.45) is 0 Å². The number of nitro groups is 1. The fraction of sp³-hybridized carbons (Fsp3) is 0.154. The van der Waals surface area contributed by atoms with E-state index in [-0.39, 0.29) is 17.2 Å². The Morgan fingerprint density at radius 3 is 2.85 bits per heavy atom. The molecular formula is C13H10N4O3. The zero-order chi connectivity index (χ0) is 14.1. The second kappa shape index (κ2) is 4.69. The average molecular weight is 270 g/mol. The molecule has 1 aromatic heterocycles. The first-order valence-electron chi connectivity index (χ1n) is 5.97. The smallest absolute Gasteiger partial charge is 0.282 e. The van der Waals surface area contributed by atoms with Gasteiger partial charge in [-0.15, -0.1) is 0 Å². The highest BCUT2D eigenvalue weighted by atomic mass is 16.6. The van der Waals surface area contributed by atoms with E-state index >= 15 is 0 Å². The van der Waals surface area contributed by atoms with Crippen molar-refractivity contribution >= 4 is 11.6 Å². The Bertz CT molecular complexity index is 677. The van der Waals surface area contributed by atoms with Gasteiger partial charge >= 0.3 is 0 Å². The third kappa shape index (κ3) is 1.99. The van der Waals surface area contributed by atoms with E-state index in [1.807, 2.05) is 0 Å². The molecule has 1 aliphatic heterocycles. The van der Waals surface area contributed by atoms with Gasteiger partial charge in [-0.1, -0.05) is 12.1 Å². The average Bonchev–Trinajstić information content (AvgIpc) is 2.90. The van der Waals surface area contributed by atoms with Gasteiger partial charge in [-0.25, -0.2) is 9.97 Å². The molecular weight excluding hydrogens is 260 g/mol. The minimum atomic E-state index is -0.545. The molecule has 0 bridgehead atoms. The molecule has 0 saturated heterocycles. The van der Waals surface area contributed by atoms with Crippen LogP contribution in [0.2, 0.25) is 0 Å². The van der Waals surface area contributed by atoms with Gasteiger partial charge in [0.2, 0.25) is 0 Å². The lowest BCUT2D eigenvalue weighted by atomic mass is 10.1. The molecule has 7 nitrogen and oxygen atoms in total. The highest BCUT2D eigenvalue weighted by molar-refractivity contribution is 5.98. The zero-order valence-corrected chi connectivity index (χ0v) is 10.4. The predicted molar refractivity (Wildman–Crippen MR) is 68.7 cm³/mol. The van der Waals surface area contributed by atoms with Crippen molar-refractivity contribution in [2.75, 3.05) is 0 Å². The van der Waals surface area contributed by atoms with Gasteiger partial charge in [-0.05, 0) is 6.07 Å². The quantitative estimate of drug-likeness (QED) is 0.610. The summed E-state index contributed by atoms with van der Waals surface area (Å²) in [6.07, 6.45) is 3.09. The molecule has 0 aliphatic carbocycles. The van der Waals surface area contributed by atoms with Crippen molar-refractivity contribution in [1.82, 2.24) is 14.9 Å². The lowest BCUT2D eigenvalue weighted by molar-refractivity contribution is -0.385. The molecule has 20 heavy (non-hydrogen) atoms. The summed E-state index contributed by atoms with van der Waals surface area (Å²) in [5.41, 5.74) is 1.57. The predicted octanol–water partition coefficient (Wildman–Crippen LogP) is 1.54. The summed E-state index contributed by atoms with van der Waals surface area (Å²) >= 11 is 0. The summed E-state index contributed by atoms with van der Waals surface area (Å²) < 4.78 is 0. The lowest BCUT2D eigenvalue weighted by Crippen LogP contribution is -2.26. The monoisotopic (exact) mass is 270 g/mol. The van der Waals surface area contributed by atoms with Crippen LogP contribution in [-0.4, -0.2) is 25.7 Å². The number of fused-ring (bicyclic) bond motifs is 1. The van der Waals surface area contributed by atoms with Crippen LogP contribution in [0.4, 0.5) is 5.69 Å². The first kappa shape index (κ1) is 12.2. The summed E-state index contributed by atoms with van der Waals surface area (Å²) in [5.74, 6) is -0.365. The van der Waals surface area contributed by atoms with Crippen LogP contribution in [0.1, 0.15) is 21.6 Å². The van der Waals surface area contributed by atoms with Gasteiger partial charge in [0.1, 0.15) is 11.9 Å². The number of benzene rings is 1. The standard InChI is InChI=1S/C13H10N4O3/c18-13(10-3-1-2-4-12(10)17(19)20)16-6-9-5-14-8-15-11(9)7-16/h1-5,8H,6-7H2. The van der Waals surface area contributed by atoms with Crippen LogP contribution in [0.15, 0.2) is 36.8 Å². The van der Waals surface area contributed by atoms with Gasteiger partial charge in [0.05, 0.1) is 17.2 Å². The molecule has 100 valence electrons. The molecule has 3 rings (SSSR count). The van der Waals surface area contributed by atoms with E-state index in [9.17, 15) is 14.9 Å². The Hall–Kier alpha value is -2.83. The zero-order valence-electron chi connectivity index (χ0n) is 10.4. The number of rotatable bonds is 2. The van der Waals surface area contributed by atoms with Crippen LogP contribution in [0.5, 0.6) is 0 Å². The first-order chi connectivity index (χ1) is 9.66. The Morgan fingerprint density at radius 2 is 2.10 bits per heavy atom. The molecule has 1 aromatic carbocycles. The normalized spacial score (nSPS) is 13.1. The highest BCUT2D eigenvalue weighted by Gasteiger charge is 2.29. The van der Waals surface area contributed by atoms with Gasteiger partial charge < -0.3 is 4.90 Å². The molecule has 0 unspecified atom stereocenters. The summed E-state index contributed by atoms with van der Waals surface area (Å²) in [5, 5.41) is 11.0. The third-order valence-electron chi connectivity index (χ3n) is 3.20. The fourth-order valence-corrected chi connectivity index (χ4v) is 2.23.